The van der Waals surface area contributed by atoms with E-state index in [9.17, 15) is 13.7 Å². The van der Waals surface area contributed by atoms with Crippen LogP contribution in [0.25, 0.3) is 10.9 Å². The minimum absolute atomic E-state index is 0.0994. The molecule has 4 rings (SSSR count). The van der Waals surface area contributed by atoms with Crippen molar-refractivity contribution in [2.24, 2.45) is 0 Å². The zero-order chi connectivity index (χ0) is 23.8. The van der Waals surface area contributed by atoms with Crippen molar-refractivity contribution in [1.29, 1.82) is 0 Å². The smallest absolute Gasteiger partial charge is 0.150 e. The van der Waals surface area contributed by atoms with E-state index in [2.05, 4.69) is 20.0 Å². The summed E-state index contributed by atoms with van der Waals surface area (Å²) in [7, 11) is -2.51. The summed E-state index contributed by atoms with van der Waals surface area (Å²) in [6.07, 6.45) is 1.29. The number of hydrogen-bond donors (Lipinski definition) is 3. The molecule has 3 atom stereocenters. The highest BCUT2D eigenvalue weighted by Crippen LogP contribution is 2.34. The second kappa shape index (κ2) is 9.08. The molecule has 8 nitrogen and oxygen atoms in total. The van der Waals surface area contributed by atoms with Crippen molar-refractivity contribution in [3.8, 4) is 5.75 Å². The fourth-order valence-corrected chi connectivity index (χ4v) is 4.02. The summed E-state index contributed by atoms with van der Waals surface area (Å²) >= 11 is 0. The molecular formula is C22H24F2N4O4S. The first-order valence-corrected chi connectivity index (χ1v) is 12.1. The van der Waals surface area contributed by atoms with Crippen LogP contribution in [0.4, 0.5) is 26.0 Å². The Bertz CT molecular complexity index is 1320. The third-order valence-electron chi connectivity index (χ3n) is 5.26. The molecule has 0 spiro atoms. The summed E-state index contributed by atoms with van der Waals surface area (Å²) in [5, 5.41) is 13.0. The lowest BCUT2D eigenvalue weighted by atomic mass is 10.2. The van der Waals surface area contributed by atoms with E-state index in [0.29, 0.717) is 16.2 Å². The maximum atomic E-state index is 15.1. The predicted molar refractivity (Wildman–Crippen MR) is 124 cm³/mol. The molecule has 176 valence electrons. The van der Waals surface area contributed by atoms with Gasteiger partial charge in [0.25, 0.3) is 0 Å². The molecule has 33 heavy (non-hydrogen) atoms. The van der Waals surface area contributed by atoms with Crippen LogP contribution in [-0.2, 0) is 14.4 Å². The molecule has 11 heteroatoms. The van der Waals surface area contributed by atoms with E-state index in [-0.39, 0.29) is 35.7 Å². The van der Waals surface area contributed by atoms with Crippen molar-refractivity contribution in [2.75, 3.05) is 29.5 Å². The minimum atomic E-state index is -2.51. The number of benzene rings is 2. The van der Waals surface area contributed by atoms with Crippen LogP contribution in [0.1, 0.15) is 13.8 Å². The Morgan fingerprint density at radius 3 is 2.70 bits per heavy atom. The Morgan fingerprint density at radius 2 is 2.00 bits per heavy atom. The van der Waals surface area contributed by atoms with Gasteiger partial charge in [-0.05, 0) is 43.0 Å². The Balaban J connectivity index is 1.70. The number of aliphatic hydroxyl groups is 1. The number of ether oxygens (including phenoxy) is 2. The first-order chi connectivity index (χ1) is 15.6. The van der Waals surface area contributed by atoms with Gasteiger partial charge in [0.05, 0.1) is 35.5 Å². The fourth-order valence-electron chi connectivity index (χ4n) is 3.25. The summed E-state index contributed by atoms with van der Waals surface area (Å²) in [6, 6.07) is 6.61. The summed E-state index contributed by atoms with van der Waals surface area (Å²) in [4.78, 5) is 8.95. The molecule has 0 bridgehead atoms. The first-order valence-electron chi connectivity index (χ1n) is 10.1. The van der Waals surface area contributed by atoms with E-state index < -0.39 is 33.6 Å². The number of nitrogens with zero attached hydrogens (tertiary/aromatic N) is 2. The fraction of sp³-hybridized carbons (Fsp3) is 0.318. The molecule has 3 unspecified atom stereocenters. The third kappa shape index (κ3) is 5.00. The third-order valence-corrected chi connectivity index (χ3v) is 7.44. The lowest BCUT2D eigenvalue weighted by molar-refractivity contribution is 0.0736. The molecular weight excluding hydrogens is 454 g/mol. The number of aromatic nitrogens is 2. The normalized spacial score (nSPS) is 19.8. The van der Waals surface area contributed by atoms with Crippen molar-refractivity contribution in [3.63, 3.8) is 0 Å². The summed E-state index contributed by atoms with van der Waals surface area (Å²) in [5.41, 5.74) is 0.924. The maximum absolute atomic E-state index is 15.1. The molecule has 0 saturated carbocycles. The lowest BCUT2D eigenvalue weighted by Gasteiger charge is -2.19. The molecule has 2 heterocycles. The van der Waals surface area contributed by atoms with Crippen LogP contribution in [0.3, 0.4) is 0 Å². The number of fused-ring (bicyclic) bond motifs is 1. The van der Waals surface area contributed by atoms with Gasteiger partial charge >= 0.3 is 0 Å². The topological polar surface area (TPSA) is 106 Å². The van der Waals surface area contributed by atoms with Crippen LogP contribution in [0, 0.1) is 11.6 Å². The highest BCUT2D eigenvalue weighted by atomic mass is 32.2. The van der Waals surface area contributed by atoms with Gasteiger partial charge in [0.2, 0.25) is 0 Å². The van der Waals surface area contributed by atoms with Crippen molar-refractivity contribution < 1.29 is 27.6 Å². The van der Waals surface area contributed by atoms with Crippen LogP contribution in [0.15, 0.2) is 36.7 Å². The zero-order valence-corrected chi connectivity index (χ0v) is 19.1. The van der Waals surface area contributed by atoms with Gasteiger partial charge < -0.3 is 24.6 Å². The number of rotatable bonds is 6. The molecule has 0 aliphatic carbocycles. The summed E-state index contributed by atoms with van der Waals surface area (Å²) in [6.45, 7) is 3.75. The summed E-state index contributed by atoms with van der Waals surface area (Å²) in [5.74, 6) is -0.912. The number of hydrogen-bond acceptors (Lipinski definition) is 7. The molecule has 1 aliphatic heterocycles. The maximum Gasteiger partial charge on any atom is 0.150 e. The Hall–Kier alpha value is -3.02. The monoisotopic (exact) mass is 478 g/mol. The van der Waals surface area contributed by atoms with Gasteiger partial charge in [-0.2, -0.15) is 0 Å². The number of anilines is 3. The lowest BCUT2D eigenvalue weighted by Crippen LogP contribution is -2.30. The van der Waals surface area contributed by atoms with Gasteiger partial charge in [-0.15, -0.1) is 0 Å². The SMILES string of the molecule is CC(C)=S(C)(=O)Nc1cc(F)c2c(Nc3ccc(F)cc3OC3COCC3O)ncnc2c1. The first kappa shape index (κ1) is 23.1. The largest absolute Gasteiger partial charge is 0.483 e. The average molecular weight is 479 g/mol. The molecule has 3 aromatic rings. The number of aliphatic hydroxyl groups excluding tert-OH is 1. The van der Waals surface area contributed by atoms with E-state index in [1.807, 2.05) is 0 Å². The molecule has 1 aromatic heterocycles. The quantitative estimate of drug-likeness (QED) is 0.467. The molecule has 1 saturated heterocycles. The van der Waals surface area contributed by atoms with Gasteiger partial charge in [0, 0.05) is 22.0 Å². The Morgan fingerprint density at radius 1 is 1.21 bits per heavy atom. The van der Waals surface area contributed by atoms with E-state index in [1.165, 1.54) is 24.5 Å². The van der Waals surface area contributed by atoms with Crippen molar-refractivity contribution in [3.05, 3.63) is 48.3 Å². The van der Waals surface area contributed by atoms with E-state index in [1.54, 1.807) is 26.2 Å². The standard InChI is InChI=1S/C22H24F2N4O4S/c1-12(2)33(3,30)28-14-7-15(24)21-17(8-14)25-11-26-22(21)27-16-5-4-13(23)6-19(16)32-20-10-31-9-18(20)29/h4-8,11,18,20,29H,9-10H2,1-3H3,(H,28,30)(H,25,26,27). The van der Waals surface area contributed by atoms with E-state index >= 15 is 4.39 Å². The second-order valence-electron chi connectivity index (χ2n) is 7.96. The Labute approximate surface area is 190 Å². The van der Waals surface area contributed by atoms with Crippen LogP contribution in [0.2, 0.25) is 0 Å². The van der Waals surface area contributed by atoms with Gasteiger partial charge in [0.1, 0.15) is 35.6 Å². The average Bonchev–Trinajstić information content (AvgIpc) is 3.14. The van der Waals surface area contributed by atoms with Gasteiger partial charge in [-0.25, -0.2) is 23.0 Å². The Kier molecular flexibility index (Phi) is 6.37. The van der Waals surface area contributed by atoms with Crippen molar-refractivity contribution in [2.45, 2.75) is 26.1 Å². The van der Waals surface area contributed by atoms with Gasteiger partial charge in [-0.3, -0.25) is 0 Å². The molecule has 2 aromatic carbocycles. The second-order valence-corrected chi connectivity index (χ2v) is 10.7. The van der Waals surface area contributed by atoms with Gasteiger partial charge in [0.15, 0.2) is 6.10 Å². The predicted octanol–water partition coefficient (Wildman–Crippen LogP) is 3.24. The summed E-state index contributed by atoms with van der Waals surface area (Å²) < 4.78 is 55.5. The van der Waals surface area contributed by atoms with Crippen molar-refractivity contribution >= 4 is 42.7 Å². The molecule has 0 amide bonds. The highest BCUT2D eigenvalue weighted by Gasteiger charge is 2.29. The zero-order valence-electron chi connectivity index (χ0n) is 18.3. The van der Waals surface area contributed by atoms with Crippen LogP contribution < -0.4 is 14.8 Å². The van der Waals surface area contributed by atoms with Crippen molar-refractivity contribution in [1.82, 2.24) is 9.97 Å². The molecule has 3 N–H and O–H groups in total. The van der Waals surface area contributed by atoms with E-state index in [4.69, 9.17) is 9.47 Å². The minimum Gasteiger partial charge on any atom is -0.483 e. The van der Waals surface area contributed by atoms with E-state index in [0.717, 1.165) is 6.07 Å². The molecule has 0 radical (unpaired) electrons. The van der Waals surface area contributed by atoms with Gasteiger partial charge in [-0.1, -0.05) is 0 Å². The van der Waals surface area contributed by atoms with Crippen LogP contribution >= 0.6 is 0 Å². The highest BCUT2D eigenvalue weighted by molar-refractivity contribution is 8.02. The number of halogens is 2. The van der Waals surface area contributed by atoms with Crippen LogP contribution in [-0.4, -0.2) is 55.8 Å². The molecule has 1 fully saturated rings. The van der Waals surface area contributed by atoms with Crippen LogP contribution in [0.5, 0.6) is 5.75 Å². The molecule has 1 aliphatic rings. The number of nitrogens with one attached hydrogen (secondary N) is 2.